The average Bonchev–Trinajstić information content (AvgIpc) is 2.57. The quantitative estimate of drug-likeness (QED) is 0.397. The van der Waals surface area contributed by atoms with Crippen LogP contribution in [0.15, 0.2) is 0 Å². The van der Waals surface area contributed by atoms with Crippen LogP contribution in [0.4, 0.5) is 0 Å². The fourth-order valence-electron chi connectivity index (χ4n) is 3.13. The largest absolute Gasteiger partial charge is 0.394 e. The molecule has 1 aliphatic rings. The first kappa shape index (κ1) is 21.5. The molecule has 5 atom stereocenters. The van der Waals surface area contributed by atoms with Crippen LogP contribution in [0.3, 0.4) is 0 Å². The molecular weight excluding hydrogens is 312 g/mol. The molecule has 1 rings (SSSR count). The number of hydrogen-bond acceptors (Lipinski definition) is 6. The maximum Gasteiger partial charge on any atom is 0.135 e. The summed E-state index contributed by atoms with van der Waals surface area (Å²) >= 11 is 0. The Balaban J connectivity index is 2.20. The Morgan fingerprint density at radius 1 is 0.833 bits per heavy atom. The molecule has 0 bridgehead atoms. The van der Waals surface area contributed by atoms with E-state index < -0.39 is 37.1 Å². The second kappa shape index (κ2) is 11.9. The van der Waals surface area contributed by atoms with Crippen molar-refractivity contribution >= 4 is 5.78 Å². The van der Waals surface area contributed by atoms with Crippen LogP contribution >= 0.6 is 0 Å². The van der Waals surface area contributed by atoms with E-state index in [1.165, 1.54) is 32.1 Å². The highest BCUT2D eigenvalue weighted by Gasteiger charge is 2.43. The van der Waals surface area contributed by atoms with E-state index >= 15 is 0 Å². The van der Waals surface area contributed by atoms with Crippen LogP contribution in [0.1, 0.15) is 71.1 Å². The molecule has 1 saturated heterocycles. The van der Waals surface area contributed by atoms with Gasteiger partial charge in [-0.3, -0.25) is 4.79 Å². The summed E-state index contributed by atoms with van der Waals surface area (Å²) in [5.41, 5.74) is 0. The summed E-state index contributed by atoms with van der Waals surface area (Å²) < 4.78 is 5.35. The first-order chi connectivity index (χ1) is 11.5. The van der Waals surface area contributed by atoms with E-state index in [4.69, 9.17) is 9.84 Å². The van der Waals surface area contributed by atoms with Crippen LogP contribution in [0.2, 0.25) is 0 Å². The Morgan fingerprint density at radius 2 is 1.38 bits per heavy atom. The third-order valence-corrected chi connectivity index (χ3v) is 4.73. The van der Waals surface area contributed by atoms with E-state index in [0.29, 0.717) is 6.42 Å². The number of aliphatic hydroxyl groups excluding tert-OH is 4. The van der Waals surface area contributed by atoms with E-state index in [1.807, 2.05) is 0 Å². The molecule has 0 aliphatic carbocycles. The number of ether oxygens (including phenoxy) is 1. The van der Waals surface area contributed by atoms with Gasteiger partial charge in [0.25, 0.3) is 0 Å². The molecular formula is C18H34O6. The fourth-order valence-corrected chi connectivity index (χ4v) is 3.13. The second-order valence-electron chi connectivity index (χ2n) is 6.84. The van der Waals surface area contributed by atoms with E-state index in [2.05, 4.69) is 6.92 Å². The van der Waals surface area contributed by atoms with E-state index in [-0.39, 0.29) is 12.2 Å². The highest BCUT2D eigenvalue weighted by atomic mass is 16.5. The number of carbonyl (C=O) groups is 1. The molecule has 0 radical (unpaired) electrons. The van der Waals surface area contributed by atoms with Gasteiger partial charge in [-0.05, 0) is 6.42 Å². The highest BCUT2D eigenvalue weighted by molar-refractivity contribution is 5.78. The maximum absolute atomic E-state index is 12.0. The molecule has 0 aromatic heterocycles. The Morgan fingerprint density at radius 3 is 1.96 bits per heavy atom. The van der Waals surface area contributed by atoms with E-state index in [0.717, 1.165) is 19.3 Å². The molecule has 24 heavy (non-hydrogen) atoms. The topological polar surface area (TPSA) is 107 Å². The van der Waals surface area contributed by atoms with Gasteiger partial charge in [0.2, 0.25) is 0 Å². The zero-order valence-corrected chi connectivity index (χ0v) is 14.8. The van der Waals surface area contributed by atoms with Crippen molar-refractivity contribution in [3.63, 3.8) is 0 Å². The lowest BCUT2D eigenvalue weighted by Gasteiger charge is -2.39. The molecule has 6 nitrogen and oxygen atoms in total. The molecule has 0 unspecified atom stereocenters. The summed E-state index contributed by atoms with van der Waals surface area (Å²) in [6.07, 6.45) is 3.79. The molecule has 0 aromatic rings. The predicted octanol–water partition coefficient (Wildman–Crippen LogP) is 1.32. The maximum atomic E-state index is 12.0. The lowest BCUT2D eigenvalue weighted by Crippen LogP contribution is -2.58. The minimum Gasteiger partial charge on any atom is -0.394 e. The van der Waals surface area contributed by atoms with Gasteiger partial charge in [-0.15, -0.1) is 0 Å². The third-order valence-electron chi connectivity index (χ3n) is 4.73. The number of unbranched alkanes of at least 4 members (excludes halogenated alkanes) is 7. The molecule has 142 valence electrons. The first-order valence-corrected chi connectivity index (χ1v) is 9.33. The van der Waals surface area contributed by atoms with Crippen LogP contribution < -0.4 is 0 Å². The van der Waals surface area contributed by atoms with Crippen LogP contribution in [0, 0.1) is 0 Å². The lowest BCUT2D eigenvalue weighted by molar-refractivity contribution is -0.229. The van der Waals surface area contributed by atoms with Crippen molar-refractivity contribution in [2.45, 2.75) is 102 Å². The molecule has 1 aliphatic heterocycles. The zero-order valence-electron chi connectivity index (χ0n) is 14.8. The van der Waals surface area contributed by atoms with Crippen LogP contribution in [-0.2, 0) is 9.53 Å². The van der Waals surface area contributed by atoms with Crippen molar-refractivity contribution in [2.24, 2.45) is 0 Å². The molecule has 1 fully saturated rings. The van der Waals surface area contributed by atoms with Gasteiger partial charge in [0.1, 0.15) is 30.2 Å². The number of hydrogen-bond donors (Lipinski definition) is 4. The Labute approximate surface area is 144 Å². The molecule has 0 saturated carbocycles. The minimum atomic E-state index is -1.41. The Bertz CT molecular complexity index is 346. The molecule has 1 heterocycles. The van der Waals surface area contributed by atoms with Gasteiger partial charge in [-0.1, -0.05) is 51.9 Å². The Kier molecular flexibility index (Phi) is 10.7. The van der Waals surface area contributed by atoms with Crippen LogP contribution in [-0.4, -0.2) is 63.3 Å². The number of Topliss-reactive ketones (excluding diaryl/α,β-unsaturated/α-hetero) is 1. The fraction of sp³-hybridized carbons (Fsp3) is 0.944. The normalized spacial score (nSPS) is 30.5. The van der Waals surface area contributed by atoms with Crippen molar-refractivity contribution in [1.29, 1.82) is 0 Å². The lowest BCUT2D eigenvalue weighted by atomic mass is 9.92. The van der Waals surface area contributed by atoms with Crippen molar-refractivity contribution in [3.05, 3.63) is 0 Å². The van der Waals surface area contributed by atoms with Crippen molar-refractivity contribution in [1.82, 2.24) is 0 Å². The summed E-state index contributed by atoms with van der Waals surface area (Å²) in [5.74, 6) is -0.0229. The zero-order chi connectivity index (χ0) is 17.9. The molecule has 4 N–H and O–H groups in total. The molecule has 0 spiro atoms. The van der Waals surface area contributed by atoms with Gasteiger partial charge in [0, 0.05) is 12.8 Å². The Hall–Kier alpha value is -0.530. The summed E-state index contributed by atoms with van der Waals surface area (Å²) in [5, 5.41) is 38.5. The standard InChI is InChI=1S/C18H34O6/c1-2-3-4-5-6-7-8-9-10-13(20)11-14-16(21)18(23)17(22)15(12-19)24-14/h14-19,21-23H,2-12H2,1H3/t14-,15-,16+,17-,18-/m1/s1. The summed E-state index contributed by atoms with van der Waals surface area (Å²) in [4.78, 5) is 12.0. The SMILES string of the molecule is CCCCCCCCCCC(=O)C[C@H]1O[C@H](CO)[C@@H](O)[C@H](O)[C@H]1O. The second-order valence-corrected chi connectivity index (χ2v) is 6.84. The van der Waals surface area contributed by atoms with Crippen molar-refractivity contribution in [2.75, 3.05) is 6.61 Å². The highest BCUT2D eigenvalue weighted by Crippen LogP contribution is 2.24. The molecule has 6 heteroatoms. The van der Waals surface area contributed by atoms with Gasteiger partial charge in [0.15, 0.2) is 0 Å². The van der Waals surface area contributed by atoms with Gasteiger partial charge < -0.3 is 25.2 Å². The first-order valence-electron chi connectivity index (χ1n) is 9.33. The monoisotopic (exact) mass is 346 g/mol. The van der Waals surface area contributed by atoms with Crippen LogP contribution in [0.5, 0.6) is 0 Å². The summed E-state index contributed by atoms with van der Waals surface area (Å²) in [6.45, 7) is 1.73. The number of carbonyl (C=O) groups excluding carboxylic acids is 1. The van der Waals surface area contributed by atoms with E-state index in [9.17, 15) is 20.1 Å². The van der Waals surface area contributed by atoms with Gasteiger partial charge in [-0.2, -0.15) is 0 Å². The van der Waals surface area contributed by atoms with Gasteiger partial charge in [0.05, 0.1) is 12.7 Å². The molecule has 0 aromatic carbocycles. The smallest absolute Gasteiger partial charge is 0.135 e. The molecule has 0 amide bonds. The minimum absolute atomic E-state index is 0.00204. The number of rotatable bonds is 12. The third kappa shape index (κ3) is 7.15. The summed E-state index contributed by atoms with van der Waals surface area (Å²) in [7, 11) is 0. The number of ketones is 1. The van der Waals surface area contributed by atoms with Crippen molar-refractivity contribution in [3.8, 4) is 0 Å². The van der Waals surface area contributed by atoms with E-state index in [1.54, 1.807) is 0 Å². The predicted molar refractivity (Wildman–Crippen MR) is 90.6 cm³/mol. The number of aliphatic hydroxyl groups is 4. The summed E-state index contributed by atoms with van der Waals surface area (Å²) in [6, 6.07) is 0. The van der Waals surface area contributed by atoms with Crippen LogP contribution in [0.25, 0.3) is 0 Å². The average molecular weight is 346 g/mol. The van der Waals surface area contributed by atoms with Gasteiger partial charge >= 0.3 is 0 Å². The van der Waals surface area contributed by atoms with Gasteiger partial charge in [-0.25, -0.2) is 0 Å². The van der Waals surface area contributed by atoms with Crippen molar-refractivity contribution < 1.29 is 30.0 Å².